The molecule has 0 heterocycles. The molecular formula is C19H19NO5. The molecule has 1 amide bonds. The molecule has 2 N–H and O–H groups in total. The van der Waals surface area contributed by atoms with Crippen LogP contribution in [0.4, 0.5) is 5.69 Å². The van der Waals surface area contributed by atoms with Crippen molar-refractivity contribution in [3.05, 3.63) is 59.2 Å². The van der Waals surface area contributed by atoms with E-state index in [0.29, 0.717) is 16.8 Å². The highest BCUT2D eigenvalue weighted by molar-refractivity contribution is 6.05. The number of hydrogen-bond donors (Lipinski definition) is 2. The number of phenols is 1. The topological polar surface area (TPSA) is 92.7 Å². The molecule has 0 unspecified atom stereocenters. The Labute approximate surface area is 145 Å². The number of benzene rings is 2. The summed E-state index contributed by atoms with van der Waals surface area (Å²) in [6.07, 6.45) is -1.07. The number of phenolic OH excluding ortho intramolecular Hbond substituents is 1. The van der Waals surface area contributed by atoms with Crippen LogP contribution in [0.5, 0.6) is 5.75 Å². The molecular weight excluding hydrogens is 322 g/mol. The van der Waals surface area contributed by atoms with Crippen molar-refractivity contribution in [1.82, 2.24) is 0 Å². The van der Waals surface area contributed by atoms with Crippen LogP contribution in [-0.2, 0) is 9.53 Å². The predicted octanol–water partition coefficient (Wildman–Crippen LogP) is 3.09. The van der Waals surface area contributed by atoms with Gasteiger partial charge in [0.2, 0.25) is 0 Å². The van der Waals surface area contributed by atoms with Crippen molar-refractivity contribution in [2.45, 2.75) is 26.9 Å². The van der Waals surface area contributed by atoms with E-state index in [0.717, 1.165) is 0 Å². The lowest BCUT2D eigenvalue weighted by Crippen LogP contribution is -2.30. The molecule has 6 heteroatoms. The Morgan fingerprint density at radius 2 is 1.80 bits per heavy atom. The third kappa shape index (κ3) is 4.44. The highest BCUT2D eigenvalue weighted by Gasteiger charge is 2.20. The van der Waals surface area contributed by atoms with Crippen LogP contribution < -0.4 is 5.32 Å². The van der Waals surface area contributed by atoms with Gasteiger partial charge in [-0.1, -0.05) is 18.2 Å². The molecule has 2 aromatic rings. The molecule has 0 aliphatic carbocycles. The molecule has 0 fully saturated rings. The smallest absolute Gasteiger partial charge is 0.339 e. The average molecular weight is 341 g/mol. The Kier molecular flexibility index (Phi) is 5.54. The van der Waals surface area contributed by atoms with Crippen LogP contribution in [0, 0.1) is 6.92 Å². The number of amides is 1. The summed E-state index contributed by atoms with van der Waals surface area (Å²) >= 11 is 0. The first kappa shape index (κ1) is 18.2. The zero-order valence-corrected chi connectivity index (χ0v) is 14.2. The van der Waals surface area contributed by atoms with Crippen LogP contribution in [-0.4, -0.2) is 28.9 Å². The lowest BCUT2D eigenvalue weighted by atomic mass is 10.1. The number of carbonyl (C=O) groups is 3. The third-order valence-electron chi connectivity index (χ3n) is 3.66. The minimum absolute atomic E-state index is 0.0260. The highest BCUT2D eigenvalue weighted by atomic mass is 16.5. The van der Waals surface area contributed by atoms with E-state index < -0.39 is 18.0 Å². The molecule has 6 nitrogen and oxygen atoms in total. The number of anilines is 1. The van der Waals surface area contributed by atoms with Gasteiger partial charge in [-0.25, -0.2) is 4.79 Å². The molecule has 0 saturated carbocycles. The van der Waals surface area contributed by atoms with Gasteiger partial charge in [-0.05, 0) is 50.6 Å². The van der Waals surface area contributed by atoms with Gasteiger partial charge < -0.3 is 15.2 Å². The average Bonchev–Trinajstić information content (AvgIpc) is 2.57. The van der Waals surface area contributed by atoms with Gasteiger partial charge in [-0.2, -0.15) is 0 Å². The zero-order chi connectivity index (χ0) is 18.6. The fourth-order valence-corrected chi connectivity index (χ4v) is 2.15. The molecule has 25 heavy (non-hydrogen) atoms. The third-order valence-corrected chi connectivity index (χ3v) is 3.66. The van der Waals surface area contributed by atoms with Gasteiger partial charge >= 0.3 is 5.97 Å². The number of aromatic hydroxyl groups is 1. The SMILES string of the molecule is CC(=O)c1ccccc1NC(=O)[C@H](C)OC(=O)c1ccc(C)c(O)c1. The van der Waals surface area contributed by atoms with E-state index >= 15 is 0 Å². The lowest BCUT2D eigenvalue weighted by Gasteiger charge is -2.15. The summed E-state index contributed by atoms with van der Waals surface area (Å²) in [5.74, 6) is -1.49. The predicted molar refractivity (Wildman–Crippen MR) is 92.8 cm³/mol. The molecule has 130 valence electrons. The van der Waals surface area contributed by atoms with E-state index in [4.69, 9.17) is 4.74 Å². The van der Waals surface area contributed by atoms with Crippen molar-refractivity contribution in [3.63, 3.8) is 0 Å². The summed E-state index contributed by atoms with van der Waals surface area (Å²) in [6.45, 7) is 4.53. The molecule has 0 saturated heterocycles. The van der Waals surface area contributed by atoms with Crippen LogP contribution in [0.2, 0.25) is 0 Å². The van der Waals surface area contributed by atoms with Crippen LogP contribution >= 0.6 is 0 Å². The number of Topliss-reactive ketones (excluding diaryl/α,β-unsaturated/α-hetero) is 1. The molecule has 2 rings (SSSR count). The van der Waals surface area contributed by atoms with Gasteiger partial charge in [0.25, 0.3) is 5.91 Å². The minimum Gasteiger partial charge on any atom is -0.508 e. The fourth-order valence-electron chi connectivity index (χ4n) is 2.15. The minimum atomic E-state index is -1.07. The Morgan fingerprint density at radius 1 is 1.12 bits per heavy atom. The molecule has 0 spiro atoms. The van der Waals surface area contributed by atoms with Crippen LogP contribution in [0.3, 0.4) is 0 Å². The Morgan fingerprint density at radius 3 is 2.44 bits per heavy atom. The van der Waals surface area contributed by atoms with E-state index in [2.05, 4.69) is 5.32 Å². The van der Waals surface area contributed by atoms with Gasteiger partial charge in [0.05, 0.1) is 11.3 Å². The van der Waals surface area contributed by atoms with Gasteiger partial charge in [-0.3, -0.25) is 9.59 Å². The number of para-hydroxylation sites is 1. The number of aryl methyl sites for hydroxylation is 1. The largest absolute Gasteiger partial charge is 0.508 e. The van der Waals surface area contributed by atoms with Gasteiger partial charge in [-0.15, -0.1) is 0 Å². The number of rotatable bonds is 5. The first-order chi connectivity index (χ1) is 11.8. The quantitative estimate of drug-likeness (QED) is 0.644. The van der Waals surface area contributed by atoms with Gasteiger partial charge in [0.1, 0.15) is 5.75 Å². The van der Waals surface area contributed by atoms with Crippen molar-refractivity contribution >= 4 is 23.3 Å². The van der Waals surface area contributed by atoms with Crippen LogP contribution in [0.1, 0.15) is 40.1 Å². The molecule has 0 aliphatic rings. The summed E-state index contributed by atoms with van der Waals surface area (Å²) in [4.78, 5) is 35.9. The number of carbonyl (C=O) groups excluding carboxylic acids is 3. The first-order valence-corrected chi connectivity index (χ1v) is 7.71. The van der Waals surface area contributed by atoms with Crippen LogP contribution in [0.15, 0.2) is 42.5 Å². The highest BCUT2D eigenvalue weighted by Crippen LogP contribution is 2.19. The normalized spacial score (nSPS) is 11.5. The maximum absolute atomic E-state index is 12.2. The van der Waals surface area contributed by atoms with E-state index in [1.54, 1.807) is 37.3 Å². The number of esters is 1. The zero-order valence-electron chi connectivity index (χ0n) is 14.2. The first-order valence-electron chi connectivity index (χ1n) is 7.71. The fraction of sp³-hybridized carbons (Fsp3) is 0.211. The molecule has 0 bridgehead atoms. The van der Waals surface area contributed by atoms with Crippen LogP contribution in [0.25, 0.3) is 0 Å². The number of ketones is 1. The van der Waals surface area contributed by atoms with E-state index in [1.807, 2.05) is 0 Å². The van der Waals surface area contributed by atoms with Crippen molar-refractivity contribution in [2.75, 3.05) is 5.32 Å². The van der Waals surface area contributed by atoms with E-state index in [9.17, 15) is 19.5 Å². The lowest BCUT2D eigenvalue weighted by molar-refractivity contribution is -0.123. The van der Waals surface area contributed by atoms with Crippen molar-refractivity contribution in [3.8, 4) is 5.75 Å². The van der Waals surface area contributed by atoms with Gasteiger partial charge in [0, 0.05) is 5.56 Å². The maximum Gasteiger partial charge on any atom is 0.339 e. The second-order valence-corrected chi connectivity index (χ2v) is 5.64. The maximum atomic E-state index is 12.2. The second-order valence-electron chi connectivity index (χ2n) is 5.64. The molecule has 0 aliphatic heterocycles. The number of hydrogen-bond acceptors (Lipinski definition) is 5. The molecule has 0 radical (unpaired) electrons. The van der Waals surface area contributed by atoms with E-state index in [-0.39, 0.29) is 17.1 Å². The van der Waals surface area contributed by atoms with E-state index in [1.165, 1.54) is 26.0 Å². The Hall–Kier alpha value is -3.15. The monoisotopic (exact) mass is 341 g/mol. The number of nitrogens with one attached hydrogen (secondary N) is 1. The Balaban J connectivity index is 2.06. The molecule has 1 atom stereocenters. The summed E-state index contributed by atoms with van der Waals surface area (Å²) in [6, 6.07) is 11.0. The summed E-state index contributed by atoms with van der Waals surface area (Å²) in [7, 11) is 0. The van der Waals surface area contributed by atoms with Gasteiger partial charge in [0.15, 0.2) is 11.9 Å². The second kappa shape index (κ2) is 7.61. The molecule has 0 aromatic heterocycles. The van der Waals surface area contributed by atoms with Crippen molar-refractivity contribution in [1.29, 1.82) is 0 Å². The van der Waals surface area contributed by atoms with Crippen molar-refractivity contribution in [2.24, 2.45) is 0 Å². The summed E-state index contributed by atoms with van der Waals surface area (Å²) < 4.78 is 5.12. The Bertz CT molecular complexity index is 828. The standard InChI is InChI=1S/C19H19NO5/c1-11-8-9-14(10-17(11)22)19(24)25-13(3)18(23)20-16-7-5-4-6-15(16)12(2)21/h4-10,13,22H,1-3H3,(H,20,23)/t13-/m0/s1. The molecule has 2 aromatic carbocycles. The van der Waals surface area contributed by atoms with Crippen molar-refractivity contribution < 1.29 is 24.2 Å². The summed E-state index contributed by atoms with van der Waals surface area (Å²) in [5.41, 5.74) is 1.50. The number of ether oxygens (including phenoxy) is 1. The summed E-state index contributed by atoms with van der Waals surface area (Å²) in [5, 5.41) is 12.2.